The monoisotopic (exact) mass is 139 g/mol. The molecule has 0 amide bonds. The molecule has 7 heavy (non-hydrogen) atoms. The second kappa shape index (κ2) is 3.57. The molecule has 0 spiro atoms. The van der Waals surface area contributed by atoms with Gasteiger partial charge in [0, 0.05) is 0 Å². The van der Waals surface area contributed by atoms with E-state index < -0.39 is 0 Å². The molecular formula is C5H9Cl2. The fourth-order valence-electron chi connectivity index (χ4n) is 0.281. The van der Waals surface area contributed by atoms with Crippen molar-refractivity contribution in [1.29, 1.82) is 0 Å². The Kier molecular flexibility index (Phi) is 3.86. The van der Waals surface area contributed by atoms with Crippen LogP contribution in [0, 0.1) is 5.38 Å². The highest BCUT2D eigenvalue weighted by atomic mass is 35.5. The van der Waals surface area contributed by atoms with Crippen molar-refractivity contribution in [3.05, 3.63) is 5.38 Å². The molecule has 43 valence electrons. The van der Waals surface area contributed by atoms with E-state index in [2.05, 4.69) is 0 Å². The van der Waals surface area contributed by atoms with Gasteiger partial charge >= 0.3 is 0 Å². The van der Waals surface area contributed by atoms with Gasteiger partial charge in [0.05, 0.1) is 10.8 Å². The molecule has 0 saturated carbocycles. The summed E-state index contributed by atoms with van der Waals surface area (Å²) in [6, 6.07) is 0. The Morgan fingerprint density at radius 2 is 2.14 bits per heavy atom. The molecule has 0 rings (SSSR count). The van der Waals surface area contributed by atoms with Crippen molar-refractivity contribution in [3.63, 3.8) is 0 Å². The average Bonchev–Trinajstić information content (AvgIpc) is 1.65. The molecule has 0 aromatic rings. The van der Waals surface area contributed by atoms with Crippen molar-refractivity contribution in [3.8, 4) is 0 Å². The van der Waals surface area contributed by atoms with Gasteiger partial charge < -0.3 is 0 Å². The Balaban J connectivity index is 3.14. The van der Waals surface area contributed by atoms with Crippen LogP contribution in [0.15, 0.2) is 0 Å². The summed E-state index contributed by atoms with van der Waals surface area (Å²) >= 11 is 11.1. The summed E-state index contributed by atoms with van der Waals surface area (Å²) in [5.41, 5.74) is 0. The third-order valence-corrected chi connectivity index (χ3v) is 1.80. The molecule has 0 heterocycles. The minimum absolute atomic E-state index is 0.0571. The van der Waals surface area contributed by atoms with E-state index in [0.29, 0.717) is 0 Å². The first-order valence-electron chi connectivity index (χ1n) is 2.31. The van der Waals surface area contributed by atoms with Crippen LogP contribution in [0.1, 0.15) is 20.3 Å². The van der Waals surface area contributed by atoms with Crippen molar-refractivity contribution in [1.82, 2.24) is 0 Å². The highest BCUT2D eigenvalue weighted by Crippen LogP contribution is 2.18. The second-order valence-corrected chi connectivity index (χ2v) is 2.59. The molecule has 1 atom stereocenters. The SMILES string of the molecule is CCC(Cl)[C](C)Cl. The molecule has 1 unspecified atom stereocenters. The van der Waals surface area contributed by atoms with E-state index in [1.165, 1.54) is 0 Å². The Hall–Kier alpha value is 0.580. The maximum Gasteiger partial charge on any atom is 0.0784 e. The number of hydrogen-bond donors (Lipinski definition) is 0. The number of hydrogen-bond acceptors (Lipinski definition) is 0. The first-order valence-corrected chi connectivity index (χ1v) is 3.13. The zero-order chi connectivity index (χ0) is 5.86. The van der Waals surface area contributed by atoms with Gasteiger partial charge in [-0.05, 0) is 13.3 Å². The number of rotatable bonds is 2. The summed E-state index contributed by atoms with van der Waals surface area (Å²) in [4.78, 5) is 0. The van der Waals surface area contributed by atoms with Gasteiger partial charge in [0.15, 0.2) is 0 Å². The van der Waals surface area contributed by atoms with Crippen LogP contribution < -0.4 is 0 Å². The quantitative estimate of drug-likeness (QED) is 0.517. The van der Waals surface area contributed by atoms with Gasteiger partial charge in [0.25, 0.3) is 0 Å². The Morgan fingerprint density at radius 1 is 1.71 bits per heavy atom. The predicted octanol–water partition coefficient (Wildman–Crippen LogP) is 2.79. The second-order valence-electron chi connectivity index (χ2n) is 1.46. The van der Waals surface area contributed by atoms with Crippen LogP contribution in [0.5, 0.6) is 0 Å². The Bertz CT molecular complexity index is 43.3. The van der Waals surface area contributed by atoms with Crippen molar-refractivity contribution in [2.24, 2.45) is 0 Å². The first kappa shape index (κ1) is 7.58. The van der Waals surface area contributed by atoms with Crippen molar-refractivity contribution in [2.45, 2.75) is 25.6 Å². The lowest BCUT2D eigenvalue weighted by Crippen LogP contribution is -1.99. The molecule has 0 aliphatic carbocycles. The largest absolute Gasteiger partial charge is 0.121 e. The Morgan fingerprint density at radius 3 is 2.14 bits per heavy atom. The molecule has 0 aliphatic heterocycles. The summed E-state index contributed by atoms with van der Waals surface area (Å²) < 4.78 is 0. The van der Waals surface area contributed by atoms with Crippen LogP contribution in [-0.4, -0.2) is 5.38 Å². The molecule has 0 aromatic heterocycles. The summed E-state index contributed by atoms with van der Waals surface area (Å²) in [5, 5.41) is 0.839. The van der Waals surface area contributed by atoms with Crippen molar-refractivity contribution in [2.75, 3.05) is 0 Å². The van der Waals surface area contributed by atoms with E-state index in [0.717, 1.165) is 11.8 Å². The fraction of sp³-hybridized carbons (Fsp3) is 0.800. The predicted molar refractivity (Wildman–Crippen MR) is 34.7 cm³/mol. The van der Waals surface area contributed by atoms with Crippen molar-refractivity contribution >= 4 is 23.2 Å². The summed E-state index contributed by atoms with van der Waals surface area (Å²) in [5.74, 6) is 0. The first-order chi connectivity index (χ1) is 3.18. The van der Waals surface area contributed by atoms with Gasteiger partial charge in [-0.1, -0.05) is 6.92 Å². The molecular weight excluding hydrogens is 131 g/mol. The molecule has 0 bridgehead atoms. The van der Waals surface area contributed by atoms with Crippen LogP contribution >= 0.6 is 23.2 Å². The number of alkyl halides is 1. The third-order valence-electron chi connectivity index (χ3n) is 0.790. The molecule has 0 saturated heterocycles. The fourth-order valence-corrected chi connectivity index (χ4v) is 0.436. The van der Waals surface area contributed by atoms with E-state index in [-0.39, 0.29) is 5.38 Å². The topological polar surface area (TPSA) is 0 Å². The van der Waals surface area contributed by atoms with Crippen LogP contribution in [0.2, 0.25) is 0 Å². The van der Waals surface area contributed by atoms with E-state index >= 15 is 0 Å². The summed E-state index contributed by atoms with van der Waals surface area (Å²) in [7, 11) is 0. The molecule has 0 fully saturated rings. The van der Waals surface area contributed by atoms with E-state index in [1.807, 2.05) is 13.8 Å². The molecule has 0 aliphatic rings. The standard InChI is InChI=1S/C5H9Cl2/c1-3-5(7)4(2)6/h5H,3H2,1-2H3. The molecule has 0 N–H and O–H groups in total. The molecule has 0 aromatic carbocycles. The highest BCUT2D eigenvalue weighted by Gasteiger charge is 2.07. The summed E-state index contributed by atoms with van der Waals surface area (Å²) in [6.07, 6.45) is 0.914. The average molecular weight is 140 g/mol. The van der Waals surface area contributed by atoms with Crippen LogP contribution in [0.3, 0.4) is 0 Å². The van der Waals surface area contributed by atoms with Gasteiger partial charge in [-0.25, -0.2) is 0 Å². The molecule has 0 nitrogen and oxygen atoms in total. The lowest BCUT2D eigenvalue weighted by atomic mass is 10.3. The third kappa shape index (κ3) is 3.19. The van der Waals surface area contributed by atoms with Gasteiger partial charge in [-0.3, -0.25) is 0 Å². The zero-order valence-electron chi connectivity index (χ0n) is 4.54. The highest BCUT2D eigenvalue weighted by molar-refractivity contribution is 6.34. The van der Waals surface area contributed by atoms with E-state index in [9.17, 15) is 0 Å². The van der Waals surface area contributed by atoms with Crippen LogP contribution in [-0.2, 0) is 0 Å². The minimum atomic E-state index is 0.0571. The smallest absolute Gasteiger partial charge is 0.0784 e. The van der Waals surface area contributed by atoms with E-state index in [1.54, 1.807) is 0 Å². The summed E-state index contributed by atoms with van der Waals surface area (Å²) in [6.45, 7) is 3.83. The van der Waals surface area contributed by atoms with Gasteiger partial charge in [-0.15, -0.1) is 23.2 Å². The van der Waals surface area contributed by atoms with Gasteiger partial charge in [-0.2, -0.15) is 0 Å². The van der Waals surface area contributed by atoms with E-state index in [4.69, 9.17) is 23.2 Å². The maximum atomic E-state index is 5.63. The Labute approximate surface area is 54.8 Å². The normalized spacial score (nSPS) is 15.0. The zero-order valence-corrected chi connectivity index (χ0v) is 6.05. The van der Waals surface area contributed by atoms with Crippen LogP contribution in [0.25, 0.3) is 0 Å². The van der Waals surface area contributed by atoms with Gasteiger partial charge in [0.1, 0.15) is 0 Å². The van der Waals surface area contributed by atoms with Crippen molar-refractivity contribution < 1.29 is 0 Å². The minimum Gasteiger partial charge on any atom is -0.121 e. The maximum absolute atomic E-state index is 5.63. The number of halogens is 2. The lowest BCUT2D eigenvalue weighted by Gasteiger charge is -2.04. The van der Waals surface area contributed by atoms with Gasteiger partial charge in [0.2, 0.25) is 0 Å². The van der Waals surface area contributed by atoms with Crippen LogP contribution in [0.4, 0.5) is 0 Å². The molecule has 2 heteroatoms. The lowest BCUT2D eigenvalue weighted by molar-refractivity contribution is 0.884. The molecule has 1 radical (unpaired) electrons.